The van der Waals surface area contributed by atoms with Crippen LogP contribution in [0.1, 0.15) is 29.5 Å². The molecule has 4 aliphatic rings. The normalized spacial score (nSPS) is 28.4. The van der Waals surface area contributed by atoms with Crippen LogP contribution in [0.5, 0.6) is 5.75 Å². The zero-order valence-corrected chi connectivity index (χ0v) is 20.6. The second kappa shape index (κ2) is 8.15. The van der Waals surface area contributed by atoms with Crippen molar-refractivity contribution in [2.45, 2.75) is 33.6 Å². The van der Waals surface area contributed by atoms with Crippen molar-refractivity contribution in [3.8, 4) is 5.75 Å². The van der Waals surface area contributed by atoms with Gasteiger partial charge >= 0.3 is 5.97 Å². The lowest BCUT2D eigenvalue weighted by Gasteiger charge is -2.21. The van der Waals surface area contributed by atoms with E-state index in [1.54, 1.807) is 30.0 Å². The van der Waals surface area contributed by atoms with Crippen LogP contribution < -0.4 is 14.5 Å². The lowest BCUT2D eigenvalue weighted by atomic mass is 9.85. The Balaban J connectivity index is 1.16. The summed E-state index contributed by atoms with van der Waals surface area (Å²) in [6.07, 6.45) is 5.13. The van der Waals surface area contributed by atoms with Gasteiger partial charge in [0.25, 0.3) is 0 Å². The molecule has 3 fully saturated rings. The highest BCUT2D eigenvalue weighted by Crippen LogP contribution is 2.53. The van der Waals surface area contributed by atoms with E-state index >= 15 is 0 Å². The molecule has 2 aromatic carbocycles. The first-order valence-corrected chi connectivity index (χ1v) is 12.5. The number of ether oxygens (including phenoxy) is 1. The van der Waals surface area contributed by atoms with Gasteiger partial charge in [-0.1, -0.05) is 24.3 Å². The van der Waals surface area contributed by atoms with Gasteiger partial charge in [-0.2, -0.15) is 0 Å². The molecule has 0 unspecified atom stereocenters. The Morgan fingerprint density at radius 3 is 2.25 bits per heavy atom. The standard InChI is InChI=1S/C29H28N2O5/c1-15-5-4-6-23(17(15)3)30-14-20(13-24(30)32)29(35)36-21-9-10-22(16(2)11-21)31-27(33)25-18-7-8-19(12-18)26(25)28(31)34/h4-11,18-20,25-26H,12-14H2,1-3H3/t18-,19-,20+,25+,26+/m0/s1. The molecule has 6 rings (SSSR count). The Hall–Kier alpha value is -3.74. The highest BCUT2D eigenvalue weighted by Gasteiger charge is 2.59. The van der Waals surface area contributed by atoms with Crippen LogP contribution in [0.4, 0.5) is 11.4 Å². The summed E-state index contributed by atoms with van der Waals surface area (Å²) in [6.45, 7) is 6.04. The first kappa shape index (κ1) is 22.7. The maximum atomic E-state index is 13.1. The van der Waals surface area contributed by atoms with Crippen molar-refractivity contribution in [3.63, 3.8) is 0 Å². The molecule has 7 heteroatoms. The number of hydrogen-bond donors (Lipinski definition) is 0. The minimum Gasteiger partial charge on any atom is -0.426 e. The van der Waals surface area contributed by atoms with Crippen LogP contribution in [-0.2, 0) is 19.2 Å². The van der Waals surface area contributed by atoms with Crippen molar-refractivity contribution >= 4 is 35.1 Å². The minimum atomic E-state index is -0.568. The minimum absolute atomic E-state index is 0.0964. The number of benzene rings is 2. The largest absolute Gasteiger partial charge is 0.426 e. The second-order valence-electron chi connectivity index (χ2n) is 10.5. The molecule has 2 aliphatic carbocycles. The number of nitrogens with zero attached hydrogens (tertiary/aromatic N) is 2. The average molecular weight is 485 g/mol. The summed E-state index contributed by atoms with van der Waals surface area (Å²) in [5.41, 5.74) is 4.15. The number of anilines is 2. The van der Waals surface area contributed by atoms with Crippen LogP contribution in [0.15, 0.2) is 48.6 Å². The fourth-order valence-corrected chi connectivity index (χ4v) is 6.41. The number of esters is 1. The van der Waals surface area contributed by atoms with Gasteiger partial charge in [-0.15, -0.1) is 0 Å². The van der Waals surface area contributed by atoms with E-state index in [0.29, 0.717) is 17.0 Å². The monoisotopic (exact) mass is 484 g/mol. The Morgan fingerprint density at radius 1 is 0.889 bits per heavy atom. The molecule has 2 heterocycles. The number of carbonyl (C=O) groups is 4. The molecular weight excluding hydrogens is 456 g/mol. The number of imide groups is 1. The lowest BCUT2D eigenvalue weighted by molar-refractivity contribution is -0.139. The number of rotatable bonds is 4. The fraction of sp³-hybridized carbons (Fsp3) is 0.379. The number of carbonyl (C=O) groups excluding carboxylic acids is 4. The van der Waals surface area contributed by atoms with Crippen molar-refractivity contribution in [2.24, 2.45) is 29.6 Å². The number of allylic oxidation sites excluding steroid dienone is 2. The van der Waals surface area contributed by atoms with Gasteiger partial charge in [-0.3, -0.25) is 19.2 Å². The smallest absolute Gasteiger partial charge is 0.316 e. The molecular formula is C29H28N2O5. The predicted molar refractivity (Wildman–Crippen MR) is 133 cm³/mol. The second-order valence-corrected chi connectivity index (χ2v) is 10.5. The highest BCUT2D eigenvalue weighted by atomic mass is 16.5. The molecule has 2 bridgehead atoms. The molecule has 36 heavy (non-hydrogen) atoms. The summed E-state index contributed by atoms with van der Waals surface area (Å²) in [7, 11) is 0. The number of fused-ring (bicyclic) bond motifs is 5. The van der Waals surface area contributed by atoms with Gasteiger partial charge in [0.1, 0.15) is 5.75 Å². The van der Waals surface area contributed by atoms with Crippen LogP contribution in [0.25, 0.3) is 0 Å². The molecule has 0 radical (unpaired) electrons. The van der Waals surface area contributed by atoms with E-state index in [1.807, 2.05) is 32.0 Å². The summed E-state index contributed by atoms with van der Waals surface area (Å²) >= 11 is 0. The summed E-state index contributed by atoms with van der Waals surface area (Å²) in [5, 5.41) is 0. The number of aryl methyl sites for hydroxylation is 2. The van der Waals surface area contributed by atoms with E-state index in [0.717, 1.165) is 23.2 Å². The first-order valence-electron chi connectivity index (χ1n) is 12.5. The van der Waals surface area contributed by atoms with Crippen LogP contribution in [0.2, 0.25) is 0 Å². The van der Waals surface area contributed by atoms with Crippen molar-refractivity contribution in [2.75, 3.05) is 16.3 Å². The molecule has 2 aliphatic heterocycles. The van der Waals surface area contributed by atoms with Gasteiger partial charge in [-0.25, -0.2) is 4.90 Å². The molecule has 2 aromatic rings. The summed E-state index contributed by atoms with van der Waals surface area (Å²) < 4.78 is 5.64. The maximum absolute atomic E-state index is 13.1. The van der Waals surface area contributed by atoms with Gasteiger partial charge in [0.05, 0.1) is 23.4 Å². The number of amides is 3. The fourth-order valence-electron chi connectivity index (χ4n) is 6.41. The Labute approximate surface area is 209 Å². The molecule has 7 nitrogen and oxygen atoms in total. The van der Waals surface area contributed by atoms with Gasteiger partial charge in [0, 0.05) is 18.7 Å². The van der Waals surface area contributed by atoms with Crippen molar-refractivity contribution in [1.29, 1.82) is 0 Å². The third kappa shape index (κ3) is 3.33. The van der Waals surface area contributed by atoms with Gasteiger partial charge in [-0.05, 0) is 80.0 Å². The SMILES string of the molecule is Cc1cc(OC(=O)[C@@H]2CC(=O)N(c3cccc(C)c3C)C2)ccc1N1C(=O)[C@H]2[C@H](C1=O)[C@H]1C=C[C@H]2C1. The predicted octanol–water partition coefficient (Wildman–Crippen LogP) is 3.88. The van der Waals surface area contributed by atoms with Gasteiger partial charge < -0.3 is 9.64 Å². The zero-order valence-electron chi connectivity index (χ0n) is 20.6. The Kier molecular flexibility index (Phi) is 5.14. The summed E-state index contributed by atoms with van der Waals surface area (Å²) in [5.74, 6) is -1.28. The van der Waals surface area contributed by atoms with Crippen molar-refractivity contribution < 1.29 is 23.9 Å². The van der Waals surface area contributed by atoms with Crippen LogP contribution in [-0.4, -0.2) is 30.2 Å². The van der Waals surface area contributed by atoms with Crippen molar-refractivity contribution in [1.82, 2.24) is 0 Å². The van der Waals surface area contributed by atoms with Crippen LogP contribution >= 0.6 is 0 Å². The highest BCUT2D eigenvalue weighted by molar-refractivity contribution is 6.23. The van der Waals surface area contributed by atoms with E-state index in [9.17, 15) is 19.2 Å². The molecule has 0 N–H and O–H groups in total. The van der Waals surface area contributed by atoms with E-state index < -0.39 is 11.9 Å². The molecule has 5 atom stereocenters. The van der Waals surface area contributed by atoms with E-state index in [-0.39, 0.29) is 54.4 Å². The first-order chi connectivity index (χ1) is 17.2. The lowest BCUT2D eigenvalue weighted by Crippen LogP contribution is -2.33. The van der Waals surface area contributed by atoms with E-state index in [4.69, 9.17) is 4.74 Å². The van der Waals surface area contributed by atoms with Crippen molar-refractivity contribution in [3.05, 3.63) is 65.2 Å². The quantitative estimate of drug-likeness (QED) is 0.285. The van der Waals surface area contributed by atoms with E-state index in [2.05, 4.69) is 12.2 Å². The zero-order chi connectivity index (χ0) is 25.3. The van der Waals surface area contributed by atoms with Gasteiger partial charge in [0.2, 0.25) is 17.7 Å². The molecule has 2 saturated heterocycles. The molecule has 184 valence electrons. The molecule has 0 spiro atoms. The summed E-state index contributed by atoms with van der Waals surface area (Å²) in [6, 6.07) is 10.8. The van der Waals surface area contributed by atoms with Crippen LogP contribution in [0.3, 0.4) is 0 Å². The molecule has 0 aromatic heterocycles. The average Bonchev–Trinajstić information content (AvgIpc) is 3.60. The maximum Gasteiger partial charge on any atom is 0.316 e. The van der Waals surface area contributed by atoms with Crippen LogP contribution in [0, 0.1) is 50.4 Å². The third-order valence-electron chi connectivity index (χ3n) is 8.42. The van der Waals surface area contributed by atoms with E-state index in [1.165, 1.54) is 4.90 Å². The summed E-state index contributed by atoms with van der Waals surface area (Å²) in [4.78, 5) is 54.9. The van der Waals surface area contributed by atoms with Gasteiger partial charge in [0.15, 0.2) is 0 Å². The third-order valence-corrected chi connectivity index (χ3v) is 8.42. The Bertz CT molecular complexity index is 1330. The molecule has 1 saturated carbocycles. The topological polar surface area (TPSA) is 84.0 Å². The number of hydrogen-bond acceptors (Lipinski definition) is 5. The molecule has 3 amide bonds. The Morgan fingerprint density at radius 2 is 1.58 bits per heavy atom.